The Morgan fingerprint density at radius 2 is 1.59 bits per heavy atom. The van der Waals surface area contributed by atoms with E-state index in [-0.39, 0.29) is 34.8 Å². The van der Waals surface area contributed by atoms with Gasteiger partial charge in [-0.2, -0.15) is 5.10 Å². The highest BCUT2D eigenvalue weighted by Crippen LogP contribution is 2.43. The van der Waals surface area contributed by atoms with Gasteiger partial charge in [0, 0.05) is 30.2 Å². The number of methoxy groups -OCH3 is 2. The summed E-state index contributed by atoms with van der Waals surface area (Å²) in [5.74, 6) is -0.144. The van der Waals surface area contributed by atoms with Crippen LogP contribution >= 0.6 is 0 Å². The number of non-ortho nitro benzene ring substituents is 2. The van der Waals surface area contributed by atoms with Crippen molar-refractivity contribution in [3.63, 3.8) is 0 Å². The van der Waals surface area contributed by atoms with Crippen LogP contribution in [0.25, 0.3) is 0 Å². The summed E-state index contributed by atoms with van der Waals surface area (Å²) in [6, 6.07) is 11.6. The lowest BCUT2D eigenvalue weighted by atomic mass is 9.97. The number of cyclic esters (lactones) is 1. The number of carbonyl (C=O) groups is 1. The van der Waals surface area contributed by atoms with Crippen LogP contribution in [-0.4, -0.2) is 40.7 Å². The Labute approximate surface area is 219 Å². The van der Waals surface area contributed by atoms with Crippen LogP contribution in [0.15, 0.2) is 59.7 Å². The van der Waals surface area contributed by atoms with Crippen molar-refractivity contribution in [3.05, 3.63) is 102 Å². The van der Waals surface area contributed by atoms with Gasteiger partial charge in [0.2, 0.25) is 0 Å². The smallest absolute Gasteiger partial charge is 0.343 e. The number of anilines is 1. The van der Waals surface area contributed by atoms with E-state index in [1.807, 2.05) is 0 Å². The zero-order chi connectivity index (χ0) is 28.3. The molecule has 3 aromatic rings. The van der Waals surface area contributed by atoms with Crippen molar-refractivity contribution in [3.8, 4) is 11.5 Å². The Hall–Kier alpha value is -5.60. The molecule has 15 nitrogen and oxygen atoms in total. The van der Waals surface area contributed by atoms with Crippen LogP contribution in [-0.2, 0) is 4.74 Å². The van der Waals surface area contributed by atoms with Crippen LogP contribution in [0.1, 0.15) is 34.0 Å². The Morgan fingerprint density at radius 3 is 2.18 bits per heavy atom. The second kappa shape index (κ2) is 10.8. The van der Waals surface area contributed by atoms with Gasteiger partial charge in [0.15, 0.2) is 11.5 Å². The zero-order valence-electron chi connectivity index (χ0n) is 20.4. The first-order valence-corrected chi connectivity index (χ1v) is 11.1. The molecule has 0 saturated carbocycles. The van der Waals surface area contributed by atoms with Crippen LogP contribution in [0.5, 0.6) is 11.5 Å². The van der Waals surface area contributed by atoms with Crippen LogP contribution < -0.4 is 14.9 Å². The fraction of sp³-hybridized carbons (Fsp3) is 0.167. The highest BCUT2D eigenvalue weighted by molar-refractivity contribution is 6.03. The molecular formula is C24H19N5O10. The molecular weight excluding hydrogens is 518 g/mol. The molecule has 0 aliphatic carbocycles. The third-order valence-corrected chi connectivity index (χ3v) is 5.87. The van der Waals surface area contributed by atoms with Crippen molar-refractivity contribution < 1.29 is 33.8 Å². The first-order chi connectivity index (χ1) is 18.6. The summed E-state index contributed by atoms with van der Waals surface area (Å²) >= 11 is 0. The van der Waals surface area contributed by atoms with E-state index >= 15 is 0 Å². The minimum absolute atomic E-state index is 0.0419. The third-order valence-electron chi connectivity index (χ3n) is 5.87. The van der Waals surface area contributed by atoms with Gasteiger partial charge >= 0.3 is 11.7 Å². The monoisotopic (exact) mass is 537 g/mol. The second-order valence-electron chi connectivity index (χ2n) is 8.05. The van der Waals surface area contributed by atoms with E-state index in [4.69, 9.17) is 14.2 Å². The van der Waals surface area contributed by atoms with E-state index in [0.29, 0.717) is 16.9 Å². The number of esters is 1. The predicted octanol–water partition coefficient (Wildman–Crippen LogP) is 4.55. The lowest BCUT2D eigenvalue weighted by Crippen LogP contribution is -2.11. The summed E-state index contributed by atoms with van der Waals surface area (Å²) in [7, 11) is 2.80. The van der Waals surface area contributed by atoms with Gasteiger partial charge in [0.1, 0.15) is 17.4 Å². The van der Waals surface area contributed by atoms with Crippen molar-refractivity contribution in [2.45, 2.75) is 12.5 Å². The van der Waals surface area contributed by atoms with E-state index < -0.39 is 38.2 Å². The molecule has 1 atom stereocenters. The number of rotatable bonds is 10. The number of benzene rings is 3. The first-order valence-electron chi connectivity index (χ1n) is 11.1. The highest BCUT2D eigenvalue weighted by atomic mass is 16.6. The molecule has 39 heavy (non-hydrogen) atoms. The van der Waals surface area contributed by atoms with Gasteiger partial charge in [-0.05, 0) is 29.8 Å². The molecule has 3 aromatic carbocycles. The largest absolute Gasteiger partial charge is 0.493 e. The van der Waals surface area contributed by atoms with Gasteiger partial charge in [-0.15, -0.1) is 0 Å². The van der Waals surface area contributed by atoms with Crippen LogP contribution in [0.3, 0.4) is 0 Å². The van der Waals surface area contributed by atoms with Crippen molar-refractivity contribution in [2.75, 3.05) is 19.6 Å². The number of nitrogens with one attached hydrogen (secondary N) is 1. The molecule has 200 valence electrons. The Morgan fingerprint density at radius 1 is 0.923 bits per heavy atom. The molecule has 0 spiro atoms. The van der Waals surface area contributed by atoms with Gasteiger partial charge < -0.3 is 14.2 Å². The second-order valence-corrected chi connectivity index (χ2v) is 8.05. The van der Waals surface area contributed by atoms with E-state index in [9.17, 15) is 35.1 Å². The molecule has 0 fully saturated rings. The van der Waals surface area contributed by atoms with E-state index in [0.717, 1.165) is 18.2 Å². The van der Waals surface area contributed by atoms with E-state index in [1.54, 1.807) is 12.1 Å². The number of carbonyl (C=O) groups excluding carboxylic acids is 1. The molecule has 1 unspecified atom stereocenters. The summed E-state index contributed by atoms with van der Waals surface area (Å²) in [6.07, 6.45) is -0.894. The Kier molecular flexibility index (Phi) is 7.32. The highest BCUT2D eigenvalue weighted by Gasteiger charge is 2.36. The lowest BCUT2D eigenvalue weighted by Gasteiger charge is -2.15. The molecule has 0 radical (unpaired) electrons. The molecule has 1 heterocycles. The molecule has 4 rings (SSSR count). The van der Waals surface area contributed by atoms with Gasteiger partial charge in [-0.25, -0.2) is 4.79 Å². The third kappa shape index (κ3) is 5.27. The zero-order valence-corrected chi connectivity index (χ0v) is 20.4. The molecule has 0 bridgehead atoms. The molecule has 0 saturated heterocycles. The first kappa shape index (κ1) is 26.5. The topological polar surface area (TPSA) is 199 Å². The number of hydrogen-bond acceptors (Lipinski definition) is 12. The standard InChI is InChI=1S/C24H19N5O10/c1-37-20-10-8-16-21(39-24(30)22(16)23(20)38-2)12-18(13-3-5-14(6-4-13)27(31)32)26-25-17-9-7-15(28(33)34)11-19(17)29(35)36/h3-11,21,25H,12H2,1-2H3. The summed E-state index contributed by atoms with van der Waals surface area (Å²) in [5.41, 5.74) is 2.43. The number of fused-ring (bicyclic) bond motifs is 1. The van der Waals surface area contributed by atoms with Gasteiger partial charge in [0.25, 0.3) is 11.4 Å². The Balaban J connectivity index is 1.75. The number of nitrogens with zero attached hydrogens (tertiary/aromatic N) is 4. The van der Waals surface area contributed by atoms with E-state index in [1.165, 1.54) is 38.5 Å². The van der Waals surface area contributed by atoms with Crippen molar-refractivity contribution in [1.29, 1.82) is 0 Å². The molecule has 1 aliphatic rings. The lowest BCUT2D eigenvalue weighted by molar-refractivity contribution is -0.393. The molecule has 1 N–H and O–H groups in total. The van der Waals surface area contributed by atoms with Crippen molar-refractivity contribution in [2.24, 2.45) is 5.10 Å². The molecule has 1 aliphatic heterocycles. The minimum atomic E-state index is -0.852. The maximum Gasteiger partial charge on any atom is 0.343 e. The number of nitro groups is 3. The number of nitro benzene ring substituents is 3. The summed E-state index contributed by atoms with van der Waals surface area (Å²) in [6.45, 7) is 0. The summed E-state index contributed by atoms with van der Waals surface area (Å²) < 4.78 is 16.2. The van der Waals surface area contributed by atoms with Crippen LogP contribution in [0, 0.1) is 30.3 Å². The number of hydrogen-bond donors (Lipinski definition) is 1. The molecule has 0 aromatic heterocycles. The van der Waals surface area contributed by atoms with Gasteiger partial charge in [-0.3, -0.25) is 35.8 Å². The quantitative estimate of drug-likeness (QED) is 0.165. The maximum atomic E-state index is 12.7. The molecule has 15 heteroatoms. The predicted molar refractivity (Wildman–Crippen MR) is 135 cm³/mol. The van der Waals surface area contributed by atoms with Gasteiger partial charge in [0.05, 0.1) is 40.8 Å². The fourth-order valence-electron chi connectivity index (χ4n) is 4.01. The number of hydrazone groups is 1. The summed E-state index contributed by atoms with van der Waals surface area (Å²) in [4.78, 5) is 44.3. The maximum absolute atomic E-state index is 12.7. The van der Waals surface area contributed by atoms with Crippen LogP contribution in [0.4, 0.5) is 22.7 Å². The normalized spacial score (nSPS) is 14.3. The van der Waals surface area contributed by atoms with Crippen LogP contribution in [0.2, 0.25) is 0 Å². The van der Waals surface area contributed by atoms with Gasteiger partial charge in [-0.1, -0.05) is 6.07 Å². The Bertz CT molecular complexity index is 1520. The average Bonchev–Trinajstić information content (AvgIpc) is 3.25. The van der Waals surface area contributed by atoms with Crippen molar-refractivity contribution >= 4 is 34.4 Å². The fourth-order valence-corrected chi connectivity index (χ4v) is 4.01. The average molecular weight is 537 g/mol. The van der Waals surface area contributed by atoms with E-state index in [2.05, 4.69) is 10.5 Å². The minimum Gasteiger partial charge on any atom is -0.493 e. The summed E-state index contributed by atoms with van der Waals surface area (Å²) in [5, 5.41) is 38.0. The molecule has 0 amide bonds. The SMILES string of the molecule is COc1ccc2c(c1OC)C(=O)OC2CC(=NNc1ccc([N+](=O)[O-])cc1[N+](=O)[O-])c1ccc([N+](=O)[O-])cc1. The number of ether oxygens (including phenoxy) is 3. The van der Waals surface area contributed by atoms with Crippen molar-refractivity contribution in [1.82, 2.24) is 0 Å².